The van der Waals surface area contributed by atoms with Crippen molar-refractivity contribution in [3.05, 3.63) is 157 Å². The van der Waals surface area contributed by atoms with E-state index in [9.17, 15) is 10.2 Å². The van der Waals surface area contributed by atoms with E-state index in [4.69, 9.17) is 24.2 Å². The van der Waals surface area contributed by atoms with E-state index in [0.717, 1.165) is 93.9 Å². The number of ether oxygens (including phenoxy) is 3. The number of unbranched alkanes of at least 4 members (excludes halogenated alkanes) is 2. The van der Waals surface area contributed by atoms with E-state index in [1.807, 2.05) is 54.6 Å². The molecule has 2 aliphatic carbocycles. The van der Waals surface area contributed by atoms with Crippen LogP contribution in [0.25, 0.3) is 10.8 Å². The highest BCUT2D eigenvalue weighted by atomic mass is 32.2. The molecule has 6 unspecified atom stereocenters. The van der Waals surface area contributed by atoms with Crippen LogP contribution in [0.1, 0.15) is 62.0 Å². The number of hydrogen-bond acceptors (Lipinski definition) is 8. The number of aliphatic hydroxyl groups is 2. The van der Waals surface area contributed by atoms with Gasteiger partial charge in [-0.2, -0.15) is 0 Å². The van der Waals surface area contributed by atoms with Crippen molar-refractivity contribution in [2.75, 3.05) is 19.8 Å². The summed E-state index contributed by atoms with van der Waals surface area (Å²) < 4.78 is 21.1. The predicted molar refractivity (Wildman–Crippen MR) is 233 cm³/mol. The van der Waals surface area contributed by atoms with Gasteiger partial charge in [0.25, 0.3) is 0 Å². The molecule has 2 N–H and O–H groups in total. The van der Waals surface area contributed by atoms with Crippen LogP contribution in [0.2, 0.25) is 0 Å². The van der Waals surface area contributed by atoms with Crippen LogP contribution in [0.4, 0.5) is 0 Å². The Balaban J connectivity index is 1.28. The molecule has 3 aliphatic rings. The third-order valence-corrected chi connectivity index (χ3v) is 13.2. The summed E-state index contributed by atoms with van der Waals surface area (Å²) >= 11 is 1.76. The Kier molecular flexibility index (Phi) is 13.0. The molecule has 0 radical (unpaired) electrons. The van der Waals surface area contributed by atoms with Gasteiger partial charge in [-0.15, -0.1) is 18.3 Å². The standard InChI is InChI=1S/C50H53NO6S/c1-2-29-54-50-47(58-41-20-7-4-8-21-41)33-45(51-55-34-35-15-5-3-6-16-35)43-31-38(19-11-13-27-52)42(22-12-14-28-53)48(49(43)50)44-32-40(25-26-46(44)57-50)56-39-24-23-36-17-9-10-18-37(36)30-39/h2-10,15-18,20-21,23-26,30-32,38,42,47-49,52-53H,1,11-14,19,22,27-29,33-34H2. The third-order valence-electron chi connectivity index (χ3n) is 11.8. The Morgan fingerprint density at radius 1 is 0.793 bits per heavy atom. The molecule has 1 fully saturated rings. The maximum absolute atomic E-state index is 9.97. The summed E-state index contributed by atoms with van der Waals surface area (Å²) in [5.74, 6) is 1.34. The van der Waals surface area contributed by atoms with Gasteiger partial charge >= 0.3 is 0 Å². The van der Waals surface area contributed by atoms with Gasteiger partial charge in [0.1, 0.15) is 23.9 Å². The quantitative estimate of drug-likeness (QED) is 0.0518. The van der Waals surface area contributed by atoms with Gasteiger partial charge in [0, 0.05) is 36.0 Å². The lowest BCUT2D eigenvalue weighted by Crippen LogP contribution is -2.64. The molecule has 5 aromatic rings. The Labute approximate surface area is 346 Å². The molecule has 0 amide bonds. The fourth-order valence-corrected chi connectivity index (χ4v) is 10.6. The van der Waals surface area contributed by atoms with Crippen LogP contribution in [0.15, 0.2) is 156 Å². The second-order valence-electron chi connectivity index (χ2n) is 15.5. The van der Waals surface area contributed by atoms with Crippen molar-refractivity contribution in [2.24, 2.45) is 22.9 Å². The molecule has 8 heteroatoms. The van der Waals surface area contributed by atoms with Gasteiger partial charge in [-0.05, 0) is 102 Å². The zero-order chi connectivity index (χ0) is 39.7. The molecular formula is C50H53NO6S. The molecule has 0 bridgehead atoms. The summed E-state index contributed by atoms with van der Waals surface area (Å²) in [5, 5.41) is 26.9. The summed E-state index contributed by atoms with van der Waals surface area (Å²) in [4.78, 5) is 7.35. The SMILES string of the molecule is C=CCOC12Oc3ccc(Oc4ccc5ccccc5c4)cc3C3C(CCCCO)C(CCCCO)C=C(C(=NOCc4ccccc4)CC1Sc1ccccc1)C32. The molecule has 1 heterocycles. The van der Waals surface area contributed by atoms with E-state index in [-0.39, 0.29) is 42.1 Å². The first-order valence-corrected chi connectivity index (χ1v) is 21.6. The van der Waals surface area contributed by atoms with Crippen molar-refractivity contribution < 1.29 is 29.3 Å². The van der Waals surface area contributed by atoms with Gasteiger partial charge in [0.05, 0.1) is 23.5 Å². The Morgan fingerprint density at radius 2 is 1.50 bits per heavy atom. The Bertz CT molecular complexity index is 2210. The van der Waals surface area contributed by atoms with Crippen molar-refractivity contribution >= 4 is 28.2 Å². The highest BCUT2D eigenvalue weighted by Crippen LogP contribution is 2.63. The van der Waals surface area contributed by atoms with Crippen molar-refractivity contribution in [3.8, 4) is 17.2 Å². The zero-order valence-corrected chi connectivity index (χ0v) is 33.8. The topological polar surface area (TPSA) is 89.7 Å². The normalized spacial score (nSPS) is 24.0. The molecule has 0 saturated heterocycles. The number of benzene rings is 5. The molecular weight excluding hydrogens is 743 g/mol. The first-order chi connectivity index (χ1) is 28.6. The summed E-state index contributed by atoms with van der Waals surface area (Å²) in [6.07, 6.45) is 9.90. The van der Waals surface area contributed by atoms with Crippen LogP contribution in [-0.2, 0) is 16.2 Å². The van der Waals surface area contributed by atoms with Crippen molar-refractivity contribution in [2.45, 2.75) is 73.4 Å². The van der Waals surface area contributed by atoms with Gasteiger partial charge in [-0.3, -0.25) is 0 Å². The lowest BCUT2D eigenvalue weighted by Gasteiger charge is -2.58. The molecule has 1 saturated carbocycles. The van der Waals surface area contributed by atoms with Crippen molar-refractivity contribution in [1.29, 1.82) is 0 Å². The summed E-state index contributed by atoms with van der Waals surface area (Å²) in [6, 6.07) is 41.3. The van der Waals surface area contributed by atoms with Gasteiger partial charge in [0.2, 0.25) is 5.79 Å². The Hall–Kier alpha value is -4.86. The summed E-state index contributed by atoms with van der Waals surface area (Å²) in [5.41, 5.74) is 4.15. The molecule has 6 atom stereocenters. The maximum atomic E-state index is 9.97. The van der Waals surface area contributed by atoms with Crippen molar-refractivity contribution in [3.63, 3.8) is 0 Å². The largest absolute Gasteiger partial charge is 0.460 e. The summed E-state index contributed by atoms with van der Waals surface area (Å²) in [6.45, 7) is 5.06. The summed E-state index contributed by atoms with van der Waals surface area (Å²) in [7, 11) is 0. The number of nitrogens with zero attached hydrogens (tertiary/aromatic N) is 1. The first-order valence-electron chi connectivity index (χ1n) is 20.7. The fraction of sp³-hybridized carbons (Fsp3) is 0.340. The minimum Gasteiger partial charge on any atom is -0.460 e. The highest BCUT2D eigenvalue weighted by molar-refractivity contribution is 8.00. The van der Waals surface area contributed by atoms with Crippen LogP contribution in [0, 0.1) is 17.8 Å². The average Bonchev–Trinajstić information content (AvgIpc) is 3.26. The third kappa shape index (κ3) is 8.62. The predicted octanol–water partition coefficient (Wildman–Crippen LogP) is 11.3. The monoisotopic (exact) mass is 795 g/mol. The molecule has 8 rings (SSSR count). The van der Waals surface area contributed by atoms with Crippen molar-refractivity contribution in [1.82, 2.24) is 0 Å². The lowest BCUT2D eigenvalue weighted by atomic mass is 9.56. The van der Waals surface area contributed by atoms with E-state index < -0.39 is 5.79 Å². The molecule has 7 nitrogen and oxygen atoms in total. The number of oxime groups is 1. The van der Waals surface area contributed by atoms with Crippen LogP contribution in [-0.4, -0.2) is 46.8 Å². The zero-order valence-electron chi connectivity index (χ0n) is 33.0. The van der Waals surface area contributed by atoms with E-state index in [2.05, 4.69) is 85.5 Å². The van der Waals surface area contributed by atoms with E-state index in [0.29, 0.717) is 19.6 Å². The highest BCUT2D eigenvalue weighted by Gasteiger charge is 2.64. The number of allylic oxidation sites excluding steroid dienone is 1. The average molecular weight is 796 g/mol. The second-order valence-corrected chi connectivity index (χ2v) is 16.8. The minimum absolute atomic E-state index is 0.0370. The minimum atomic E-state index is -1.07. The smallest absolute Gasteiger partial charge is 0.231 e. The molecule has 1 aliphatic heterocycles. The van der Waals surface area contributed by atoms with E-state index in [1.54, 1.807) is 11.8 Å². The van der Waals surface area contributed by atoms with Gasteiger partial charge < -0.3 is 29.3 Å². The van der Waals surface area contributed by atoms with E-state index in [1.165, 1.54) is 0 Å². The van der Waals surface area contributed by atoms with Gasteiger partial charge in [-0.25, -0.2) is 0 Å². The second kappa shape index (κ2) is 18.8. The van der Waals surface area contributed by atoms with Gasteiger partial charge in [-0.1, -0.05) is 109 Å². The number of rotatable bonds is 18. The first kappa shape index (κ1) is 39.9. The molecule has 300 valence electrons. The maximum Gasteiger partial charge on any atom is 0.231 e. The Morgan fingerprint density at radius 3 is 2.28 bits per heavy atom. The molecule has 58 heavy (non-hydrogen) atoms. The van der Waals surface area contributed by atoms with E-state index >= 15 is 0 Å². The molecule has 0 spiro atoms. The van der Waals surface area contributed by atoms with Gasteiger partial charge in [0.15, 0.2) is 0 Å². The molecule has 0 aromatic heterocycles. The van der Waals surface area contributed by atoms with Crippen LogP contribution in [0.3, 0.4) is 0 Å². The van der Waals surface area contributed by atoms with Crippen LogP contribution >= 0.6 is 11.8 Å². The number of hydrogen-bond donors (Lipinski definition) is 2. The molecule has 5 aromatic carbocycles. The number of aliphatic hydroxyl groups excluding tert-OH is 2. The fourth-order valence-electron chi connectivity index (χ4n) is 9.28. The lowest BCUT2D eigenvalue weighted by molar-refractivity contribution is -0.223. The number of fused-ring (bicyclic) bond motifs is 3. The number of thioether (sulfide) groups is 1. The van der Waals surface area contributed by atoms with Crippen LogP contribution in [0.5, 0.6) is 17.2 Å². The van der Waals surface area contributed by atoms with Crippen LogP contribution < -0.4 is 9.47 Å².